The van der Waals surface area contributed by atoms with Crippen LogP contribution in [0.2, 0.25) is 0 Å². The molecule has 2 fully saturated rings. The molecular weight excluding hydrogens is 252 g/mol. The van der Waals surface area contributed by atoms with Crippen LogP contribution in [-0.4, -0.2) is 13.2 Å². The van der Waals surface area contributed by atoms with Crippen LogP contribution in [0.4, 0.5) is 0 Å². The molecule has 20 heavy (non-hydrogen) atoms. The molecule has 0 aromatic rings. The van der Waals surface area contributed by atoms with E-state index in [2.05, 4.69) is 4.74 Å². The van der Waals surface area contributed by atoms with Gasteiger partial charge in [0.2, 0.25) is 0 Å². The molecule has 2 saturated carbocycles. The minimum atomic E-state index is 0.229. The lowest BCUT2D eigenvalue weighted by Gasteiger charge is -2.31. The van der Waals surface area contributed by atoms with Gasteiger partial charge in [0.15, 0.2) is 0 Å². The second-order valence-electron chi connectivity index (χ2n) is 5.89. The molecule has 0 N–H and O–H groups in total. The van der Waals surface area contributed by atoms with E-state index in [1.54, 1.807) is 0 Å². The fourth-order valence-corrected chi connectivity index (χ4v) is 3.45. The quantitative estimate of drug-likeness (QED) is 0.728. The third-order valence-electron chi connectivity index (χ3n) is 4.50. The summed E-state index contributed by atoms with van der Waals surface area (Å²) < 4.78 is 8.87. The number of hydrogen-bond donors (Lipinski definition) is 0. The standard InChI is InChI=1S/C14H23NO.C2H3NO/c15-11-16-14-8-6-13(7-9-14)10-12-4-2-1-3-5-12;1-4-2-3/h12-14H,1-10H2;1H3. The lowest BCUT2D eigenvalue weighted by molar-refractivity contribution is 0.0919. The Kier molecular flexibility index (Phi) is 8.63. The molecule has 0 bridgehead atoms. The van der Waals surface area contributed by atoms with E-state index >= 15 is 0 Å². The summed E-state index contributed by atoms with van der Waals surface area (Å²) >= 11 is 0. The molecule has 4 nitrogen and oxygen atoms in total. The molecular formula is C16H26N2O2. The Bertz CT molecular complexity index is 318. The third kappa shape index (κ3) is 6.66. The Hall–Kier alpha value is -1.42. The minimum Gasteiger partial charge on any atom is -0.431 e. The Labute approximate surface area is 122 Å². The monoisotopic (exact) mass is 278 g/mol. The molecule has 0 atom stereocenters. The van der Waals surface area contributed by atoms with Gasteiger partial charge >= 0.3 is 0 Å². The molecule has 0 spiro atoms. The molecule has 0 heterocycles. The first-order chi connectivity index (χ1) is 9.80. The average molecular weight is 278 g/mol. The zero-order chi connectivity index (χ0) is 14.6. The Morgan fingerprint density at radius 3 is 1.90 bits per heavy atom. The molecule has 112 valence electrons. The molecule has 2 rings (SSSR count). The maximum atomic E-state index is 8.47. The topological polar surface area (TPSA) is 66.0 Å². The van der Waals surface area contributed by atoms with Crippen LogP contribution in [0.25, 0.3) is 0 Å². The Balaban J connectivity index is 0.000000444. The molecule has 0 unspecified atom stereocenters. The van der Waals surface area contributed by atoms with Crippen LogP contribution in [0, 0.1) is 34.9 Å². The summed E-state index contributed by atoms with van der Waals surface area (Å²) in [6.07, 6.45) is 17.0. The second kappa shape index (κ2) is 10.4. The number of nitriles is 2. The largest absolute Gasteiger partial charge is 0.431 e. The normalized spacial score (nSPS) is 26.4. The number of hydrogen-bond acceptors (Lipinski definition) is 4. The molecule has 2 aliphatic carbocycles. The number of rotatable bonds is 3. The van der Waals surface area contributed by atoms with Crippen molar-refractivity contribution in [3.63, 3.8) is 0 Å². The van der Waals surface area contributed by atoms with Gasteiger partial charge < -0.3 is 9.47 Å². The van der Waals surface area contributed by atoms with Crippen molar-refractivity contribution < 1.29 is 9.47 Å². The summed E-state index contributed by atoms with van der Waals surface area (Å²) in [6, 6.07) is 0. The van der Waals surface area contributed by atoms with Crippen molar-refractivity contribution in [1.29, 1.82) is 10.5 Å². The van der Waals surface area contributed by atoms with Gasteiger partial charge in [0, 0.05) is 0 Å². The fourth-order valence-electron chi connectivity index (χ4n) is 3.45. The SMILES string of the molecule is COC#N.N#COC1CCC(CC2CCCCC2)CC1. The molecule has 2 aliphatic rings. The first kappa shape index (κ1) is 16.6. The second-order valence-corrected chi connectivity index (χ2v) is 5.89. The first-order valence-electron chi connectivity index (χ1n) is 7.77. The summed E-state index contributed by atoms with van der Waals surface area (Å²) in [5.74, 6) is 1.92. The molecule has 0 amide bonds. The highest BCUT2D eigenvalue weighted by atomic mass is 16.5. The van der Waals surface area contributed by atoms with Gasteiger partial charge in [0.1, 0.15) is 6.10 Å². The van der Waals surface area contributed by atoms with Gasteiger partial charge in [0.25, 0.3) is 12.5 Å². The van der Waals surface area contributed by atoms with Crippen molar-refractivity contribution in [2.45, 2.75) is 70.3 Å². The molecule has 0 aliphatic heterocycles. The highest BCUT2D eigenvalue weighted by molar-refractivity contribution is 4.78. The summed E-state index contributed by atoms with van der Waals surface area (Å²) in [4.78, 5) is 0. The average Bonchev–Trinajstić information content (AvgIpc) is 2.51. The Morgan fingerprint density at radius 2 is 1.40 bits per heavy atom. The van der Waals surface area contributed by atoms with Crippen molar-refractivity contribution in [3.05, 3.63) is 0 Å². The summed E-state index contributed by atoms with van der Waals surface area (Å²) in [5.41, 5.74) is 0. The molecule has 0 radical (unpaired) electrons. The third-order valence-corrected chi connectivity index (χ3v) is 4.50. The molecule has 0 aromatic heterocycles. The van der Waals surface area contributed by atoms with E-state index in [0.29, 0.717) is 0 Å². The van der Waals surface area contributed by atoms with E-state index in [0.717, 1.165) is 24.7 Å². The first-order valence-corrected chi connectivity index (χ1v) is 7.77. The van der Waals surface area contributed by atoms with Crippen molar-refractivity contribution >= 4 is 0 Å². The predicted octanol–water partition coefficient (Wildman–Crippen LogP) is 4.13. The highest BCUT2D eigenvalue weighted by Crippen LogP contribution is 2.35. The summed E-state index contributed by atoms with van der Waals surface area (Å²) in [7, 11) is 1.32. The van der Waals surface area contributed by atoms with E-state index in [9.17, 15) is 0 Å². The van der Waals surface area contributed by atoms with Crippen LogP contribution in [0.5, 0.6) is 0 Å². The van der Waals surface area contributed by atoms with Gasteiger partial charge in [-0.1, -0.05) is 32.1 Å². The zero-order valence-electron chi connectivity index (χ0n) is 12.5. The maximum Gasteiger partial charge on any atom is 0.286 e. The molecule has 0 saturated heterocycles. The van der Waals surface area contributed by atoms with Crippen molar-refractivity contribution in [2.24, 2.45) is 11.8 Å². The number of nitrogens with zero attached hydrogens (tertiary/aromatic N) is 2. The summed E-state index contributed by atoms with van der Waals surface area (Å²) in [5, 5.41) is 15.9. The van der Waals surface area contributed by atoms with Crippen molar-refractivity contribution in [1.82, 2.24) is 0 Å². The molecule has 4 heteroatoms. The van der Waals surface area contributed by atoms with Gasteiger partial charge in [-0.25, -0.2) is 0 Å². The number of ether oxygens (including phenoxy) is 2. The van der Waals surface area contributed by atoms with Gasteiger partial charge in [-0.05, 0) is 43.9 Å². The fraction of sp³-hybridized carbons (Fsp3) is 0.875. The van der Waals surface area contributed by atoms with Crippen LogP contribution in [0.15, 0.2) is 0 Å². The minimum absolute atomic E-state index is 0.229. The molecule has 0 aromatic carbocycles. The highest BCUT2D eigenvalue weighted by Gasteiger charge is 2.25. The van der Waals surface area contributed by atoms with Crippen molar-refractivity contribution in [2.75, 3.05) is 7.11 Å². The van der Waals surface area contributed by atoms with Crippen LogP contribution < -0.4 is 0 Å². The van der Waals surface area contributed by atoms with Gasteiger partial charge in [-0.15, -0.1) is 0 Å². The van der Waals surface area contributed by atoms with E-state index in [1.165, 1.54) is 64.7 Å². The van der Waals surface area contributed by atoms with Gasteiger partial charge in [-0.2, -0.15) is 10.5 Å². The van der Waals surface area contributed by atoms with E-state index in [-0.39, 0.29) is 6.10 Å². The van der Waals surface area contributed by atoms with Crippen LogP contribution in [-0.2, 0) is 9.47 Å². The van der Waals surface area contributed by atoms with Crippen molar-refractivity contribution in [3.8, 4) is 12.5 Å². The number of methoxy groups -OCH3 is 1. The lowest BCUT2D eigenvalue weighted by Crippen LogP contribution is -2.22. The Morgan fingerprint density at radius 1 is 0.850 bits per heavy atom. The van der Waals surface area contributed by atoms with Crippen LogP contribution in [0.1, 0.15) is 64.2 Å². The van der Waals surface area contributed by atoms with Gasteiger partial charge in [-0.3, -0.25) is 0 Å². The maximum absolute atomic E-state index is 8.47. The van der Waals surface area contributed by atoms with Crippen LogP contribution in [0.3, 0.4) is 0 Å². The zero-order valence-corrected chi connectivity index (χ0v) is 12.5. The van der Waals surface area contributed by atoms with E-state index in [4.69, 9.17) is 15.3 Å². The van der Waals surface area contributed by atoms with E-state index < -0.39 is 0 Å². The van der Waals surface area contributed by atoms with Gasteiger partial charge in [0.05, 0.1) is 7.11 Å². The lowest BCUT2D eigenvalue weighted by atomic mass is 9.77. The van der Waals surface area contributed by atoms with E-state index in [1.807, 2.05) is 6.26 Å². The summed E-state index contributed by atoms with van der Waals surface area (Å²) in [6.45, 7) is 0. The smallest absolute Gasteiger partial charge is 0.286 e. The van der Waals surface area contributed by atoms with Crippen LogP contribution >= 0.6 is 0 Å². The predicted molar refractivity (Wildman–Crippen MR) is 76.3 cm³/mol.